The van der Waals surface area contributed by atoms with E-state index in [1.54, 1.807) is 11.8 Å². The number of aromatic hydroxyl groups is 1. The fourth-order valence-electron chi connectivity index (χ4n) is 3.73. The quantitative estimate of drug-likeness (QED) is 0.222. The molecule has 2 atom stereocenters. The number of hydrogen-bond acceptors (Lipinski definition) is 7. The van der Waals surface area contributed by atoms with Gasteiger partial charge in [0.25, 0.3) is 0 Å². The minimum Gasteiger partial charge on any atom is -0.506 e. The van der Waals surface area contributed by atoms with Crippen LogP contribution in [-0.4, -0.2) is 61.6 Å². The molecule has 0 radical (unpaired) electrons. The monoisotopic (exact) mass is 448 g/mol. The van der Waals surface area contributed by atoms with E-state index < -0.39 is 24.0 Å². The van der Waals surface area contributed by atoms with Gasteiger partial charge in [-0.05, 0) is 64.1 Å². The third-order valence-electron chi connectivity index (χ3n) is 5.53. The van der Waals surface area contributed by atoms with E-state index in [1.165, 1.54) is 29.0 Å². The molecule has 0 saturated heterocycles. The lowest BCUT2D eigenvalue weighted by Gasteiger charge is -2.22. The number of carbonyl (C=O) groups is 3. The Labute approximate surface area is 186 Å². The molecule has 2 heterocycles. The van der Waals surface area contributed by atoms with Gasteiger partial charge in [-0.2, -0.15) is 0 Å². The molecule has 1 aromatic heterocycles. The molecule has 0 bridgehead atoms. The number of ketones is 1. The lowest BCUT2D eigenvalue weighted by atomic mass is 10.1. The average molecular weight is 449 g/mol. The molecule has 0 unspecified atom stereocenters. The number of rotatable bonds is 13. The third-order valence-corrected chi connectivity index (χ3v) is 5.53. The zero-order valence-corrected chi connectivity index (χ0v) is 18.2. The van der Waals surface area contributed by atoms with Gasteiger partial charge in [0.15, 0.2) is 0 Å². The maximum absolute atomic E-state index is 12.6. The fraction of sp³-hybridized carbons (Fsp3) is 0.500. The van der Waals surface area contributed by atoms with E-state index in [9.17, 15) is 24.6 Å². The standard InChI is InChI=1S/C22H32N4O6/c1-14-12-20(28)18(25(14)10-5-3-6-15(24)21(29)30)13-17-19(27)8-11-26(17)16(22(31)32)7-2-4-9-23/h8,11-13,15-16,27H,2-7,9-10,23-24H2,1H3,(H,29,30)(H,31,32)/b18-13+/t15-,16-/m0/s1. The normalized spacial score (nSPS) is 17.0. The van der Waals surface area contributed by atoms with Crippen molar-refractivity contribution in [3.05, 3.63) is 35.4 Å². The Bertz CT molecular complexity index is 904. The van der Waals surface area contributed by atoms with Crippen LogP contribution in [0.1, 0.15) is 57.2 Å². The molecule has 1 aromatic rings. The first-order valence-electron chi connectivity index (χ1n) is 10.7. The Morgan fingerprint density at radius 2 is 1.81 bits per heavy atom. The lowest BCUT2D eigenvalue weighted by Crippen LogP contribution is -2.30. The van der Waals surface area contributed by atoms with Crippen LogP contribution < -0.4 is 11.5 Å². The highest BCUT2D eigenvalue weighted by Crippen LogP contribution is 2.31. The van der Waals surface area contributed by atoms with Gasteiger partial charge in [-0.15, -0.1) is 0 Å². The SMILES string of the molecule is CC1=CC(=O)/C(=C\c2c(O)ccn2[C@@H](CCCCN)C(=O)O)N1CCCC[C@H](N)C(=O)O. The van der Waals surface area contributed by atoms with Crippen molar-refractivity contribution in [1.29, 1.82) is 0 Å². The highest BCUT2D eigenvalue weighted by atomic mass is 16.4. The number of aromatic nitrogens is 1. The number of nitrogens with zero attached hydrogens (tertiary/aromatic N) is 2. The summed E-state index contributed by atoms with van der Waals surface area (Å²) >= 11 is 0. The number of aliphatic carboxylic acids is 2. The largest absolute Gasteiger partial charge is 0.506 e. The van der Waals surface area contributed by atoms with E-state index in [0.29, 0.717) is 57.3 Å². The molecule has 10 heteroatoms. The Morgan fingerprint density at radius 1 is 1.12 bits per heavy atom. The maximum atomic E-state index is 12.6. The summed E-state index contributed by atoms with van der Waals surface area (Å²) in [4.78, 5) is 37.1. The van der Waals surface area contributed by atoms with E-state index in [-0.39, 0.29) is 17.2 Å². The van der Waals surface area contributed by atoms with Crippen molar-refractivity contribution in [2.45, 2.75) is 57.5 Å². The first-order valence-corrected chi connectivity index (χ1v) is 10.7. The Hall–Kier alpha value is -3.11. The van der Waals surface area contributed by atoms with Crippen molar-refractivity contribution in [3.63, 3.8) is 0 Å². The van der Waals surface area contributed by atoms with Crippen LogP contribution in [0.5, 0.6) is 5.75 Å². The maximum Gasteiger partial charge on any atom is 0.326 e. The number of allylic oxidation sites excluding steroid dienone is 2. The summed E-state index contributed by atoms with van der Waals surface area (Å²) in [6, 6.07) is -0.414. The van der Waals surface area contributed by atoms with Crippen molar-refractivity contribution in [3.8, 4) is 5.75 Å². The molecule has 0 saturated carbocycles. The van der Waals surface area contributed by atoms with E-state index in [2.05, 4.69) is 0 Å². The average Bonchev–Trinajstić information content (AvgIpc) is 3.21. The van der Waals surface area contributed by atoms with E-state index >= 15 is 0 Å². The number of hydrogen-bond donors (Lipinski definition) is 5. The molecule has 176 valence electrons. The molecule has 0 aromatic carbocycles. The Morgan fingerprint density at radius 3 is 2.44 bits per heavy atom. The van der Waals surface area contributed by atoms with Gasteiger partial charge < -0.3 is 36.3 Å². The van der Waals surface area contributed by atoms with Crippen LogP contribution in [0.15, 0.2) is 29.7 Å². The topological polar surface area (TPSA) is 172 Å². The van der Waals surface area contributed by atoms with Gasteiger partial charge in [0.2, 0.25) is 5.78 Å². The lowest BCUT2D eigenvalue weighted by molar-refractivity contribution is -0.141. The molecule has 10 nitrogen and oxygen atoms in total. The minimum atomic E-state index is -1.05. The van der Waals surface area contributed by atoms with Gasteiger partial charge in [-0.1, -0.05) is 0 Å². The summed E-state index contributed by atoms with van der Waals surface area (Å²) in [7, 11) is 0. The van der Waals surface area contributed by atoms with Gasteiger partial charge in [-0.3, -0.25) is 9.59 Å². The third kappa shape index (κ3) is 6.21. The van der Waals surface area contributed by atoms with Crippen LogP contribution in [0.3, 0.4) is 0 Å². The number of carbonyl (C=O) groups excluding carboxylic acids is 1. The van der Waals surface area contributed by atoms with Crippen molar-refractivity contribution < 1.29 is 29.7 Å². The van der Waals surface area contributed by atoms with Crippen LogP contribution >= 0.6 is 0 Å². The van der Waals surface area contributed by atoms with Crippen molar-refractivity contribution >= 4 is 23.8 Å². The predicted octanol–water partition coefficient (Wildman–Crippen LogP) is 1.66. The van der Waals surface area contributed by atoms with Crippen LogP contribution in [-0.2, 0) is 14.4 Å². The highest BCUT2D eigenvalue weighted by molar-refractivity contribution is 6.09. The van der Waals surface area contributed by atoms with E-state index in [0.717, 1.165) is 5.70 Å². The zero-order chi connectivity index (χ0) is 23.8. The molecule has 2 rings (SSSR count). The fourth-order valence-corrected chi connectivity index (χ4v) is 3.73. The first kappa shape index (κ1) is 25.2. The highest BCUT2D eigenvalue weighted by Gasteiger charge is 2.28. The number of nitrogens with two attached hydrogens (primary N) is 2. The summed E-state index contributed by atoms with van der Waals surface area (Å²) < 4.78 is 1.46. The summed E-state index contributed by atoms with van der Waals surface area (Å²) in [6.07, 6.45) is 7.65. The summed E-state index contributed by atoms with van der Waals surface area (Å²) in [5.74, 6) is -2.44. The second-order valence-corrected chi connectivity index (χ2v) is 7.90. The molecular weight excluding hydrogens is 416 g/mol. The smallest absolute Gasteiger partial charge is 0.326 e. The van der Waals surface area contributed by atoms with E-state index in [1.807, 2.05) is 0 Å². The van der Waals surface area contributed by atoms with Crippen LogP contribution in [0, 0.1) is 0 Å². The second kappa shape index (κ2) is 11.5. The molecular formula is C22H32N4O6. The molecule has 0 aliphatic carbocycles. The number of carboxylic acids is 2. The van der Waals surface area contributed by atoms with Gasteiger partial charge in [0.05, 0.1) is 11.4 Å². The summed E-state index contributed by atoms with van der Waals surface area (Å²) in [6.45, 7) is 2.71. The van der Waals surface area contributed by atoms with Crippen LogP contribution in [0.2, 0.25) is 0 Å². The van der Waals surface area contributed by atoms with Gasteiger partial charge in [0.1, 0.15) is 17.8 Å². The molecule has 7 N–H and O–H groups in total. The predicted molar refractivity (Wildman–Crippen MR) is 119 cm³/mol. The second-order valence-electron chi connectivity index (χ2n) is 7.90. The minimum absolute atomic E-state index is 0.118. The number of carboxylic acid groups (broad SMARTS) is 2. The molecule has 0 fully saturated rings. The van der Waals surface area contributed by atoms with Gasteiger partial charge in [-0.25, -0.2) is 4.79 Å². The zero-order valence-electron chi connectivity index (χ0n) is 18.2. The van der Waals surface area contributed by atoms with Crippen molar-refractivity contribution in [1.82, 2.24) is 9.47 Å². The molecule has 0 spiro atoms. The van der Waals surface area contributed by atoms with Crippen LogP contribution in [0.25, 0.3) is 6.08 Å². The number of unbranched alkanes of at least 4 members (excludes halogenated alkanes) is 2. The Balaban J connectivity index is 2.23. The van der Waals surface area contributed by atoms with Crippen molar-refractivity contribution in [2.24, 2.45) is 11.5 Å². The molecule has 0 amide bonds. The van der Waals surface area contributed by atoms with E-state index in [4.69, 9.17) is 16.6 Å². The molecule has 1 aliphatic rings. The summed E-state index contributed by atoms with van der Waals surface area (Å²) in [5.41, 5.74) is 12.3. The van der Waals surface area contributed by atoms with Gasteiger partial charge >= 0.3 is 11.9 Å². The van der Waals surface area contributed by atoms with Crippen LogP contribution in [0.4, 0.5) is 0 Å². The first-order chi connectivity index (χ1) is 15.2. The molecule has 1 aliphatic heterocycles. The molecule has 32 heavy (non-hydrogen) atoms. The Kier molecular flexibility index (Phi) is 9.03. The summed E-state index contributed by atoms with van der Waals surface area (Å²) in [5, 5.41) is 29.0. The van der Waals surface area contributed by atoms with Crippen molar-refractivity contribution in [2.75, 3.05) is 13.1 Å². The van der Waals surface area contributed by atoms with Gasteiger partial charge in [0, 0.05) is 24.5 Å².